The van der Waals surface area contributed by atoms with E-state index >= 15 is 0 Å². The maximum absolute atomic E-state index is 5.57. The fraction of sp³-hybridized carbons (Fsp3) is 1.00. The fourth-order valence-electron chi connectivity index (χ4n) is 0.272. The molecule has 0 radical (unpaired) electrons. The summed E-state index contributed by atoms with van der Waals surface area (Å²) in [5, 5.41) is 0. The van der Waals surface area contributed by atoms with Gasteiger partial charge in [0, 0.05) is 7.89 Å². The molecule has 0 atom stereocenters. The third-order valence-electron chi connectivity index (χ3n) is 0.576. The molecule has 0 spiro atoms. The molecule has 0 saturated carbocycles. The van der Waals surface area contributed by atoms with Crippen molar-refractivity contribution in [2.24, 2.45) is 0 Å². The molecule has 0 heterocycles. The molecule has 0 rings (SSSR count). The maximum Gasteiger partial charge on any atom is 0.209 e. The van der Waals surface area contributed by atoms with Crippen molar-refractivity contribution in [1.29, 1.82) is 0 Å². The SMILES string of the molecule is C[Si](C)=[SiH]O[SiH](C)C. The van der Waals surface area contributed by atoms with Crippen LogP contribution >= 0.6 is 0 Å². The van der Waals surface area contributed by atoms with Crippen LogP contribution in [0.5, 0.6) is 0 Å². The van der Waals surface area contributed by atoms with Crippen molar-refractivity contribution in [1.82, 2.24) is 0 Å². The first-order valence-electron chi connectivity index (χ1n) is 2.91. The van der Waals surface area contributed by atoms with Gasteiger partial charge in [-0.3, -0.25) is 0 Å². The number of hydrogen-bond donors (Lipinski definition) is 0. The van der Waals surface area contributed by atoms with Gasteiger partial charge in [0.15, 0.2) is 8.86 Å². The summed E-state index contributed by atoms with van der Waals surface area (Å²) < 4.78 is 5.57. The third kappa shape index (κ3) is 6.45. The highest BCUT2D eigenvalue weighted by atomic mass is 28.9. The second-order valence-corrected chi connectivity index (χ2v) is 12.1. The van der Waals surface area contributed by atoms with Gasteiger partial charge < -0.3 is 4.12 Å². The number of hydrogen-bond acceptors (Lipinski definition) is 1. The molecular weight excluding hydrogens is 148 g/mol. The van der Waals surface area contributed by atoms with Crippen LogP contribution in [-0.2, 0) is 4.12 Å². The lowest BCUT2D eigenvalue weighted by Crippen LogP contribution is -2.10. The summed E-state index contributed by atoms with van der Waals surface area (Å²) in [5.74, 6) is 0. The Kier molecular flexibility index (Phi) is 4.59. The van der Waals surface area contributed by atoms with Crippen LogP contribution in [0.1, 0.15) is 0 Å². The van der Waals surface area contributed by atoms with Crippen molar-refractivity contribution in [3.05, 3.63) is 0 Å². The number of rotatable bonds is 2. The first kappa shape index (κ1) is 8.45. The van der Waals surface area contributed by atoms with Crippen LogP contribution in [0.25, 0.3) is 0 Å². The minimum absolute atomic E-state index is 0.0340. The van der Waals surface area contributed by atoms with E-state index in [0.717, 1.165) is 0 Å². The van der Waals surface area contributed by atoms with Gasteiger partial charge in [0.1, 0.15) is 0 Å². The molecular formula is C4H14OSi3. The van der Waals surface area contributed by atoms with E-state index in [1.54, 1.807) is 0 Å². The molecule has 48 valence electrons. The van der Waals surface area contributed by atoms with Gasteiger partial charge in [-0.15, -0.1) is 0 Å². The first-order valence-corrected chi connectivity index (χ1v) is 10.5. The molecule has 0 saturated heterocycles. The van der Waals surface area contributed by atoms with Crippen molar-refractivity contribution in [3.8, 4) is 0 Å². The summed E-state index contributed by atoms with van der Waals surface area (Å²) in [6.45, 7) is 9.10. The standard InChI is InChI=1S/C4H14OSi3/c1-7(2)5-6-8(3)4/h6-7H,1-4H3. The van der Waals surface area contributed by atoms with Crippen LogP contribution in [-0.4, -0.2) is 25.8 Å². The van der Waals surface area contributed by atoms with E-state index in [0.29, 0.717) is 8.86 Å². The van der Waals surface area contributed by atoms with Crippen molar-refractivity contribution < 1.29 is 4.12 Å². The molecule has 0 fully saturated rings. The van der Waals surface area contributed by atoms with Gasteiger partial charge in [0.25, 0.3) is 0 Å². The van der Waals surface area contributed by atoms with Gasteiger partial charge >= 0.3 is 0 Å². The van der Waals surface area contributed by atoms with Crippen molar-refractivity contribution in [2.45, 2.75) is 26.2 Å². The van der Waals surface area contributed by atoms with Crippen LogP contribution in [0, 0.1) is 0 Å². The lowest BCUT2D eigenvalue weighted by Gasteiger charge is -2.02. The zero-order valence-electron chi connectivity index (χ0n) is 6.06. The molecule has 0 N–H and O–H groups in total. The molecule has 0 amide bonds. The predicted molar refractivity (Wildman–Crippen MR) is 44.6 cm³/mol. The predicted octanol–water partition coefficient (Wildman–Crippen LogP) is 0.589. The third-order valence-corrected chi connectivity index (χ3v) is 6.41. The Morgan fingerprint density at radius 2 is 1.88 bits per heavy atom. The molecule has 0 aliphatic carbocycles. The molecule has 0 aliphatic heterocycles. The van der Waals surface area contributed by atoms with Crippen LogP contribution < -0.4 is 0 Å². The summed E-state index contributed by atoms with van der Waals surface area (Å²) in [6.07, 6.45) is 0. The van der Waals surface area contributed by atoms with Gasteiger partial charge in [0.2, 0.25) is 9.04 Å². The average Bonchev–Trinajstić information content (AvgIpc) is 1.61. The Bertz CT molecular complexity index is 85.3. The second-order valence-electron chi connectivity index (χ2n) is 2.38. The molecule has 4 heteroatoms. The lowest BCUT2D eigenvalue weighted by molar-refractivity contribution is 0.643. The Morgan fingerprint density at radius 1 is 1.38 bits per heavy atom. The van der Waals surface area contributed by atoms with Crippen molar-refractivity contribution >= 4 is 25.8 Å². The van der Waals surface area contributed by atoms with E-state index in [9.17, 15) is 0 Å². The van der Waals surface area contributed by atoms with E-state index in [2.05, 4.69) is 26.2 Å². The molecule has 8 heavy (non-hydrogen) atoms. The molecule has 0 aliphatic rings. The van der Waals surface area contributed by atoms with Gasteiger partial charge in [-0.2, -0.15) is 0 Å². The maximum atomic E-state index is 5.57. The molecule has 0 aromatic carbocycles. The summed E-state index contributed by atoms with van der Waals surface area (Å²) in [4.78, 5) is 0. The van der Waals surface area contributed by atoms with Crippen LogP contribution in [0.4, 0.5) is 0 Å². The van der Waals surface area contributed by atoms with Crippen LogP contribution in [0.15, 0.2) is 0 Å². The fourth-order valence-corrected chi connectivity index (χ4v) is 7.35. The molecule has 0 aromatic heterocycles. The zero-order chi connectivity index (χ0) is 6.57. The monoisotopic (exact) mass is 162 g/mol. The Labute approximate surface area is 56.7 Å². The second kappa shape index (κ2) is 4.34. The normalized spacial score (nSPS) is 9.12. The molecule has 1 nitrogen and oxygen atoms in total. The summed E-state index contributed by atoms with van der Waals surface area (Å²) in [7, 11) is -0.301. The Hall–Kier alpha value is 0.451. The van der Waals surface area contributed by atoms with E-state index < -0.39 is 9.04 Å². The van der Waals surface area contributed by atoms with E-state index in [1.807, 2.05) is 0 Å². The average molecular weight is 162 g/mol. The quantitative estimate of drug-likeness (QED) is 0.540. The van der Waals surface area contributed by atoms with Crippen LogP contribution in [0.3, 0.4) is 0 Å². The van der Waals surface area contributed by atoms with Gasteiger partial charge in [-0.1, -0.05) is 13.1 Å². The lowest BCUT2D eigenvalue weighted by atomic mass is 11.9. The smallest absolute Gasteiger partial charge is 0.209 e. The van der Waals surface area contributed by atoms with E-state index in [-0.39, 0.29) is 7.89 Å². The summed E-state index contributed by atoms with van der Waals surface area (Å²) >= 11 is 0. The zero-order valence-corrected chi connectivity index (χ0v) is 9.37. The van der Waals surface area contributed by atoms with Crippen molar-refractivity contribution in [3.63, 3.8) is 0 Å². The highest BCUT2D eigenvalue weighted by molar-refractivity contribution is 6.84. The molecule has 0 aromatic rings. The molecule has 0 bridgehead atoms. The topological polar surface area (TPSA) is 9.23 Å². The Morgan fingerprint density at radius 3 is 2.00 bits per heavy atom. The highest BCUT2D eigenvalue weighted by Gasteiger charge is 1.88. The van der Waals surface area contributed by atoms with Crippen molar-refractivity contribution in [2.75, 3.05) is 0 Å². The highest BCUT2D eigenvalue weighted by Crippen LogP contribution is 1.76. The minimum Gasteiger partial charge on any atom is -0.612 e. The molecule has 0 unspecified atom stereocenters. The largest absolute Gasteiger partial charge is 0.612 e. The minimum atomic E-state index is -0.664. The summed E-state index contributed by atoms with van der Waals surface area (Å²) in [5.41, 5.74) is 0. The van der Waals surface area contributed by atoms with E-state index in [4.69, 9.17) is 4.12 Å². The van der Waals surface area contributed by atoms with Crippen LogP contribution in [0.2, 0.25) is 26.2 Å². The first-order chi connectivity index (χ1) is 3.63. The van der Waals surface area contributed by atoms with Gasteiger partial charge in [0.05, 0.1) is 0 Å². The van der Waals surface area contributed by atoms with E-state index in [1.165, 1.54) is 0 Å². The Balaban J connectivity index is 3.29. The van der Waals surface area contributed by atoms with Gasteiger partial charge in [-0.25, -0.2) is 0 Å². The van der Waals surface area contributed by atoms with Gasteiger partial charge in [-0.05, 0) is 13.1 Å². The summed E-state index contributed by atoms with van der Waals surface area (Å²) in [6, 6.07) is 0.